The Morgan fingerprint density at radius 2 is 1.76 bits per heavy atom. The molecule has 1 amide bonds. The number of rotatable bonds is 6. The lowest BCUT2D eigenvalue weighted by molar-refractivity contribution is -0.129. The fourth-order valence-corrected chi connectivity index (χ4v) is 3.01. The van der Waals surface area contributed by atoms with Gasteiger partial charge in [-0.2, -0.15) is 0 Å². The van der Waals surface area contributed by atoms with Crippen molar-refractivity contribution in [2.75, 3.05) is 7.11 Å². The van der Waals surface area contributed by atoms with Crippen LogP contribution in [0, 0.1) is 6.92 Å². The molecule has 0 radical (unpaired) electrons. The third-order valence-electron chi connectivity index (χ3n) is 4.75. The van der Waals surface area contributed by atoms with Gasteiger partial charge in [0.25, 0.3) is 5.91 Å². The van der Waals surface area contributed by atoms with E-state index in [0.29, 0.717) is 17.0 Å². The van der Waals surface area contributed by atoms with E-state index in [0.717, 1.165) is 16.5 Å². The number of carbonyl (C=O) groups is 2. The van der Waals surface area contributed by atoms with Gasteiger partial charge in [-0.25, -0.2) is 4.79 Å². The summed E-state index contributed by atoms with van der Waals surface area (Å²) in [5.41, 5.74) is 2.56. The molecule has 6 nitrogen and oxygen atoms in total. The van der Waals surface area contributed by atoms with Crippen LogP contribution in [-0.2, 0) is 9.53 Å². The van der Waals surface area contributed by atoms with Crippen molar-refractivity contribution in [1.29, 1.82) is 0 Å². The fourth-order valence-electron chi connectivity index (χ4n) is 3.01. The number of amides is 1. The highest BCUT2D eigenvalue weighted by molar-refractivity contribution is 5.96. The number of benzene rings is 2. The van der Waals surface area contributed by atoms with Crippen LogP contribution in [0.1, 0.15) is 41.5 Å². The molecule has 1 heterocycles. The van der Waals surface area contributed by atoms with Crippen molar-refractivity contribution in [2.24, 2.45) is 0 Å². The van der Waals surface area contributed by atoms with Crippen LogP contribution >= 0.6 is 0 Å². The number of fused-ring (bicyclic) bond motifs is 1. The van der Waals surface area contributed by atoms with Crippen LogP contribution in [0.2, 0.25) is 0 Å². The number of aromatic nitrogens is 1. The second kappa shape index (κ2) is 8.73. The maximum absolute atomic E-state index is 12.6. The van der Waals surface area contributed by atoms with Gasteiger partial charge in [-0.05, 0) is 44.5 Å². The minimum atomic E-state index is -0.931. The van der Waals surface area contributed by atoms with Crippen molar-refractivity contribution in [1.82, 2.24) is 10.3 Å². The number of aryl methyl sites for hydroxylation is 1. The van der Waals surface area contributed by atoms with E-state index in [1.165, 1.54) is 0 Å². The first-order chi connectivity index (χ1) is 13.9. The third-order valence-corrected chi connectivity index (χ3v) is 4.75. The van der Waals surface area contributed by atoms with Gasteiger partial charge in [0.2, 0.25) is 0 Å². The smallest absolute Gasteiger partial charge is 0.340 e. The van der Waals surface area contributed by atoms with Gasteiger partial charge in [0.05, 0.1) is 29.9 Å². The highest BCUT2D eigenvalue weighted by atomic mass is 16.5. The number of methoxy groups -OCH3 is 1. The molecule has 150 valence electrons. The molecule has 3 aromatic rings. The second-order valence-corrected chi connectivity index (χ2v) is 6.87. The van der Waals surface area contributed by atoms with Crippen molar-refractivity contribution >= 4 is 22.8 Å². The predicted molar refractivity (Wildman–Crippen MR) is 111 cm³/mol. The zero-order valence-electron chi connectivity index (χ0n) is 16.9. The van der Waals surface area contributed by atoms with Crippen LogP contribution in [0.4, 0.5) is 0 Å². The van der Waals surface area contributed by atoms with Gasteiger partial charge >= 0.3 is 5.97 Å². The molecule has 0 aliphatic carbocycles. The lowest BCUT2D eigenvalue weighted by Crippen LogP contribution is -2.37. The Hall–Kier alpha value is -3.41. The fraction of sp³-hybridized carbons (Fsp3) is 0.261. The molecule has 2 aromatic carbocycles. The van der Waals surface area contributed by atoms with E-state index < -0.39 is 12.1 Å². The molecule has 0 aliphatic rings. The lowest BCUT2D eigenvalue weighted by atomic mass is 10.1. The van der Waals surface area contributed by atoms with Gasteiger partial charge in [0.15, 0.2) is 6.10 Å². The molecule has 0 spiro atoms. The maximum Gasteiger partial charge on any atom is 0.340 e. The van der Waals surface area contributed by atoms with Crippen LogP contribution in [0.15, 0.2) is 54.6 Å². The predicted octanol–water partition coefficient (Wildman–Crippen LogP) is 3.97. The largest absolute Gasteiger partial charge is 0.497 e. The first-order valence-corrected chi connectivity index (χ1v) is 9.40. The van der Waals surface area contributed by atoms with E-state index >= 15 is 0 Å². The molecular weight excluding hydrogens is 368 g/mol. The minimum Gasteiger partial charge on any atom is -0.497 e. The third kappa shape index (κ3) is 4.71. The van der Waals surface area contributed by atoms with Crippen LogP contribution in [0.5, 0.6) is 5.75 Å². The quantitative estimate of drug-likeness (QED) is 0.642. The van der Waals surface area contributed by atoms with E-state index in [9.17, 15) is 9.59 Å². The maximum atomic E-state index is 12.6. The molecule has 0 saturated heterocycles. The standard InChI is InChI=1S/C23H24N2O4/c1-14(17-8-6-5-7-9-17)25-22(26)16(3)29-23(27)20-12-18-10-11-19(28-4)13-21(18)24-15(20)2/h5-14,16H,1-4H3,(H,25,26). The number of esters is 1. The number of hydrogen-bond donors (Lipinski definition) is 1. The van der Waals surface area contributed by atoms with Crippen molar-refractivity contribution in [3.63, 3.8) is 0 Å². The summed E-state index contributed by atoms with van der Waals surface area (Å²) in [6.07, 6.45) is -0.931. The summed E-state index contributed by atoms with van der Waals surface area (Å²) in [6.45, 7) is 5.17. The van der Waals surface area contributed by atoms with Crippen LogP contribution in [0.3, 0.4) is 0 Å². The zero-order chi connectivity index (χ0) is 21.0. The average molecular weight is 392 g/mol. The van der Waals surface area contributed by atoms with Crippen molar-refractivity contribution in [3.8, 4) is 5.75 Å². The Kier molecular flexibility index (Phi) is 6.12. The summed E-state index contributed by atoms with van der Waals surface area (Å²) >= 11 is 0. The highest BCUT2D eigenvalue weighted by Crippen LogP contribution is 2.22. The van der Waals surface area contributed by atoms with Gasteiger partial charge in [-0.1, -0.05) is 30.3 Å². The monoisotopic (exact) mass is 392 g/mol. The van der Waals surface area contributed by atoms with Crippen LogP contribution in [-0.4, -0.2) is 30.1 Å². The topological polar surface area (TPSA) is 77.5 Å². The molecule has 0 saturated carbocycles. The first kappa shape index (κ1) is 20.3. The van der Waals surface area contributed by atoms with E-state index in [2.05, 4.69) is 10.3 Å². The molecule has 1 aromatic heterocycles. The molecule has 0 bridgehead atoms. The van der Waals surface area contributed by atoms with E-state index in [4.69, 9.17) is 9.47 Å². The molecule has 6 heteroatoms. The van der Waals surface area contributed by atoms with Crippen LogP contribution in [0.25, 0.3) is 10.9 Å². The summed E-state index contributed by atoms with van der Waals surface area (Å²) < 4.78 is 10.6. The molecule has 3 rings (SSSR count). The molecule has 1 N–H and O–H groups in total. The number of ether oxygens (including phenoxy) is 2. The number of carbonyl (C=O) groups excluding carboxylic acids is 2. The minimum absolute atomic E-state index is 0.191. The van der Waals surface area contributed by atoms with Gasteiger partial charge in [-0.15, -0.1) is 0 Å². The van der Waals surface area contributed by atoms with E-state index in [1.54, 1.807) is 39.2 Å². The lowest BCUT2D eigenvalue weighted by Gasteiger charge is -2.18. The number of nitrogens with zero attached hydrogens (tertiary/aromatic N) is 1. The summed E-state index contributed by atoms with van der Waals surface area (Å²) in [5.74, 6) is -0.244. The molecule has 2 atom stereocenters. The van der Waals surface area contributed by atoms with Crippen molar-refractivity contribution < 1.29 is 19.1 Å². The second-order valence-electron chi connectivity index (χ2n) is 6.87. The number of hydrogen-bond acceptors (Lipinski definition) is 5. The Morgan fingerprint density at radius 3 is 2.45 bits per heavy atom. The SMILES string of the molecule is COc1ccc2cc(C(=O)OC(C)C(=O)NC(C)c3ccccc3)c(C)nc2c1. The Balaban J connectivity index is 1.70. The Labute approximate surface area is 169 Å². The summed E-state index contributed by atoms with van der Waals surface area (Å²) in [4.78, 5) is 29.5. The number of pyridine rings is 1. The first-order valence-electron chi connectivity index (χ1n) is 9.40. The normalized spacial score (nSPS) is 12.8. The van der Waals surface area contributed by atoms with Gasteiger partial charge in [0, 0.05) is 11.5 Å². The molecular formula is C23H24N2O4. The Morgan fingerprint density at radius 1 is 1.03 bits per heavy atom. The van der Waals surface area contributed by atoms with E-state index in [1.807, 2.05) is 43.3 Å². The van der Waals surface area contributed by atoms with Gasteiger partial charge < -0.3 is 14.8 Å². The zero-order valence-corrected chi connectivity index (χ0v) is 16.9. The van der Waals surface area contributed by atoms with Crippen molar-refractivity contribution in [2.45, 2.75) is 32.9 Å². The molecule has 29 heavy (non-hydrogen) atoms. The molecule has 0 aliphatic heterocycles. The van der Waals surface area contributed by atoms with Gasteiger partial charge in [-0.3, -0.25) is 9.78 Å². The van der Waals surface area contributed by atoms with Gasteiger partial charge in [0.1, 0.15) is 5.75 Å². The van der Waals surface area contributed by atoms with Crippen molar-refractivity contribution in [3.05, 3.63) is 71.4 Å². The summed E-state index contributed by atoms with van der Waals surface area (Å²) in [6, 6.07) is 16.6. The van der Waals surface area contributed by atoms with Crippen LogP contribution < -0.4 is 10.1 Å². The molecule has 2 unspecified atom stereocenters. The molecule has 0 fully saturated rings. The summed E-state index contributed by atoms with van der Waals surface area (Å²) in [7, 11) is 1.59. The van der Waals surface area contributed by atoms with E-state index in [-0.39, 0.29) is 11.9 Å². The summed E-state index contributed by atoms with van der Waals surface area (Å²) in [5, 5.41) is 3.65. The Bertz CT molecular complexity index is 1030. The highest BCUT2D eigenvalue weighted by Gasteiger charge is 2.22. The number of nitrogens with one attached hydrogen (secondary N) is 1. The average Bonchev–Trinajstić information content (AvgIpc) is 2.73.